The zero-order chi connectivity index (χ0) is 11.4. The second kappa shape index (κ2) is 5.35. The standard InChI is InChI=1S/C14H15BrO/c1-16-14-9-8-11(5-4-10-15)12-6-2-3-7-13(12)14/h2-3,6-9H,4-5,10H2,1H3. The SMILES string of the molecule is COc1ccc(CCCBr)c2ccccc12. The topological polar surface area (TPSA) is 9.23 Å². The van der Waals surface area contributed by atoms with Crippen molar-refractivity contribution in [1.29, 1.82) is 0 Å². The Morgan fingerprint density at radius 3 is 2.50 bits per heavy atom. The van der Waals surface area contributed by atoms with E-state index in [1.165, 1.54) is 16.3 Å². The molecule has 0 aliphatic heterocycles. The summed E-state index contributed by atoms with van der Waals surface area (Å²) in [6, 6.07) is 12.7. The maximum Gasteiger partial charge on any atom is 0.126 e. The first-order chi connectivity index (χ1) is 7.86. The molecule has 1 nitrogen and oxygen atoms in total. The van der Waals surface area contributed by atoms with Gasteiger partial charge in [0.25, 0.3) is 0 Å². The normalized spacial score (nSPS) is 10.6. The van der Waals surface area contributed by atoms with Crippen LogP contribution < -0.4 is 4.74 Å². The van der Waals surface area contributed by atoms with Crippen LogP contribution in [0.3, 0.4) is 0 Å². The molecule has 2 rings (SSSR count). The van der Waals surface area contributed by atoms with E-state index in [1.54, 1.807) is 7.11 Å². The molecule has 0 heterocycles. The highest BCUT2D eigenvalue weighted by Crippen LogP contribution is 2.28. The number of halogens is 1. The van der Waals surface area contributed by atoms with Crippen LogP contribution in [0.4, 0.5) is 0 Å². The van der Waals surface area contributed by atoms with E-state index in [0.717, 1.165) is 23.9 Å². The third kappa shape index (κ3) is 2.22. The van der Waals surface area contributed by atoms with Gasteiger partial charge in [0.2, 0.25) is 0 Å². The molecule has 0 aromatic heterocycles. The van der Waals surface area contributed by atoms with Gasteiger partial charge in [0.05, 0.1) is 7.11 Å². The second-order valence-electron chi connectivity index (χ2n) is 3.77. The molecule has 0 aliphatic rings. The van der Waals surface area contributed by atoms with Crippen LogP contribution in [0.1, 0.15) is 12.0 Å². The molecular weight excluding hydrogens is 264 g/mol. The van der Waals surface area contributed by atoms with Crippen LogP contribution in [0.15, 0.2) is 36.4 Å². The Hall–Kier alpha value is -1.02. The summed E-state index contributed by atoms with van der Waals surface area (Å²) in [7, 11) is 1.72. The van der Waals surface area contributed by atoms with E-state index in [1.807, 2.05) is 0 Å². The van der Waals surface area contributed by atoms with Gasteiger partial charge in [-0.1, -0.05) is 46.3 Å². The lowest BCUT2D eigenvalue weighted by Crippen LogP contribution is -1.91. The van der Waals surface area contributed by atoms with Gasteiger partial charge in [-0.2, -0.15) is 0 Å². The lowest BCUT2D eigenvalue weighted by molar-refractivity contribution is 0.419. The number of methoxy groups -OCH3 is 1. The first-order valence-electron chi connectivity index (χ1n) is 5.47. The Kier molecular flexibility index (Phi) is 3.83. The summed E-state index contributed by atoms with van der Waals surface area (Å²) in [5.74, 6) is 0.957. The summed E-state index contributed by atoms with van der Waals surface area (Å²) in [5.41, 5.74) is 1.40. The molecule has 0 saturated carbocycles. The highest BCUT2D eigenvalue weighted by atomic mass is 79.9. The van der Waals surface area contributed by atoms with Crippen LogP contribution in [-0.4, -0.2) is 12.4 Å². The number of aryl methyl sites for hydroxylation is 1. The van der Waals surface area contributed by atoms with Gasteiger partial charge in [-0.05, 0) is 29.9 Å². The molecule has 0 saturated heterocycles. The van der Waals surface area contributed by atoms with Crippen LogP contribution in [-0.2, 0) is 6.42 Å². The fraction of sp³-hybridized carbons (Fsp3) is 0.286. The monoisotopic (exact) mass is 278 g/mol. The van der Waals surface area contributed by atoms with Gasteiger partial charge in [-0.3, -0.25) is 0 Å². The van der Waals surface area contributed by atoms with Gasteiger partial charge in [0, 0.05) is 10.7 Å². The molecule has 2 heteroatoms. The Balaban J connectivity index is 2.51. The molecule has 0 bridgehead atoms. The minimum Gasteiger partial charge on any atom is -0.496 e. The minimum absolute atomic E-state index is 0.957. The number of hydrogen-bond donors (Lipinski definition) is 0. The maximum absolute atomic E-state index is 5.38. The number of ether oxygens (including phenoxy) is 1. The molecule has 0 radical (unpaired) electrons. The summed E-state index contributed by atoms with van der Waals surface area (Å²) in [6.07, 6.45) is 2.27. The zero-order valence-electron chi connectivity index (χ0n) is 9.37. The minimum atomic E-state index is 0.957. The number of hydrogen-bond acceptors (Lipinski definition) is 1. The molecule has 0 amide bonds. The first-order valence-corrected chi connectivity index (χ1v) is 6.59. The predicted octanol–water partition coefficient (Wildman–Crippen LogP) is 4.18. The first kappa shape index (κ1) is 11.5. The van der Waals surface area contributed by atoms with Crippen molar-refractivity contribution in [1.82, 2.24) is 0 Å². The molecule has 2 aromatic carbocycles. The lowest BCUT2D eigenvalue weighted by atomic mass is 10.0. The molecule has 0 atom stereocenters. The van der Waals surface area contributed by atoms with E-state index in [-0.39, 0.29) is 0 Å². The van der Waals surface area contributed by atoms with Gasteiger partial charge in [0.1, 0.15) is 5.75 Å². The average molecular weight is 279 g/mol. The van der Waals surface area contributed by atoms with Gasteiger partial charge >= 0.3 is 0 Å². The number of alkyl halides is 1. The summed E-state index contributed by atoms with van der Waals surface area (Å²) in [5, 5.41) is 3.56. The summed E-state index contributed by atoms with van der Waals surface area (Å²) < 4.78 is 5.38. The van der Waals surface area contributed by atoms with Crippen molar-refractivity contribution in [2.45, 2.75) is 12.8 Å². The van der Waals surface area contributed by atoms with E-state index in [9.17, 15) is 0 Å². The average Bonchev–Trinajstić information content (AvgIpc) is 2.36. The largest absolute Gasteiger partial charge is 0.496 e. The molecule has 0 N–H and O–H groups in total. The molecule has 16 heavy (non-hydrogen) atoms. The highest BCUT2D eigenvalue weighted by Gasteiger charge is 2.05. The smallest absolute Gasteiger partial charge is 0.126 e. The third-order valence-electron chi connectivity index (χ3n) is 2.77. The summed E-state index contributed by atoms with van der Waals surface area (Å²) in [4.78, 5) is 0. The Morgan fingerprint density at radius 1 is 1.06 bits per heavy atom. The molecule has 0 fully saturated rings. The van der Waals surface area contributed by atoms with Crippen molar-refractivity contribution in [3.63, 3.8) is 0 Å². The van der Waals surface area contributed by atoms with Crippen LogP contribution in [0.5, 0.6) is 5.75 Å². The molecule has 2 aromatic rings. The summed E-state index contributed by atoms with van der Waals surface area (Å²) >= 11 is 3.47. The molecule has 0 aliphatic carbocycles. The third-order valence-corrected chi connectivity index (χ3v) is 3.33. The molecule has 0 unspecified atom stereocenters. The molecule has 0 spiro atoms. The van der Waals surface area contributed by atoms with Crippen LogP contribution >= 0.6 is 15.9 Å². The van der Waals surface area contributed by atoms with Crippen molar-refractivity contribution < 1.29 is 4.74 Å². The Bertz CT molecular complexity index is 479. The Labute approximate surface area is 105 Å². The van der Waals surface area contributed by atoms with Crippen LogP contribution in [0.2, 0.25) is 0 Å². The fourth-order valence-corrected chi connectivity index (χ4v) is 2.27. The van der Waals surface area contributed by atoms with Crippen molar-refractivity contribution >= 4 is 26.7 Å². The van der Waals surface area contributed by atoms with E-state index in [0.29, 0.717) is 0 Å². The number of benzene rings is 2. The van der Waals surface area contributed by atoms with Gasteiger partial charge < -0.3 is 4.74 Å². The highest BCUT2D eigenvalue weighted by molar-refractivity contribution is 9.09. The predicted molar refractivity (Wildman–Crippen MR) is 72.6 cm³/mol. The number of rotatable bonds is 4. The lowest BCUT2D eigenvalue weighted by Gasteiger charge is -2.09. The van der Waals surface area contributed by atoms with Gasteiger partial charge in [-0.15, -0.1) is 0 Å². The van der Waals surface area contributed by atoms with E-state index >= 15 is 0 Å². The van der Waals surface area contributed by atoms with Crippen molar-refractivity contribution in [3.05, 3.63) is 42.0 Å². The van der Waals surface area contributed by atoms with Crippen LogP contribution in [0.25, 0.3) is 10.8 Å². The van der Waals surface area contributed by atoms with E-state index in [4.69, 9.17) is 4.74 Å². The van der Waals surface area contributed by atoms with Crippen LogP contribution in [0, 0.1) is 0 Å². The summed E-state index contributed by atoms with van der Waals surface area (Å²) in [6.45, 7) is 0. The molecular formula is C14H15BrO. The molecule has 84 valence electrons. The van der Waals surface area contributed by atoms with E-state index < -0.39 is 0 Å². The van der Waals surface area contributed by atoms with Crippen molar-refractivity contribution in [2.75, 3.05) is 12.4 Å². The zero-order valence-corrected chi connectivity index (χ0v) is 11.0. The van der Waals surface area contributed by atoms with Crippen molar-refractivity contribution in [2.24, 2.45) is 0 Å². The van der Waals surface area contributed by atoms with Gasteiger partial charge in [-0.25, -0.2) is 0 Å². The maximum atomic E-state index is 5.38. The fourth-order valence-electron chi connectivity index (χ4n) is 1.99. The quantitative estimate of drug-likeness (QED) is 0.763. The number of fused-ring (bicyclic) bond motifs is 1. The van der Waals surface area contributed by atoms with Gasteiger partial charge in [0.15, 0.2) is 0 Å². The van der Waals surface area contributed by atoms with E-state index in [2.05, 4.69) is 52.3 Å². The Morgan fingerprint density at radius 2 is 1.81 bits per heavy atom. The van der Waals surface area contributed by atoms with Crippen molar-refractivity contribution in [3.8, 4) is 5.75 Å². The second-order valence-corrected chi connectivity index (χ2v) is 4.56.